The van der Waals surface area contributed by atoms with Crippen LogP contribution >= 0.6 is 22.7 Å². The molecule has 0 saturated heterocycles. The summed E-state index contributed by atoms with van der Waals surface area (Å²) in [7, 11) is 1.73. The number of nitrogens with one attached hydrogen (secondary N) is 1. The Labute approximate surface area is 129 Å². The van der Waals surface area contributed by atoms with Gasteiger partial charge in [0.2, 0.25) is 0 Å². The van der Waals surface area contributed by atoms with Gasteiger partial charge in [0.15, 0.2) is 0 Å². The highest BCUT2D eigenvalue weighted by Gasteiger charge is 2.19. The van der Waals surface area contributed by atoms with Crippen molar-refractivity contribution in [1.82, 2.24) is 10.3 Å². The summed E-state index contributed by atoms with van der Waals surface area (Å²) in [6, 6.07) is 4.63. The summed E-state index contributed by atoms with van der Waals surface area (Å²) in [6.07, 6.45) is 1.09. The van der Waals surface area contributed by atoms with E-state index >= 15 is 0 Å². The van der Waals surface area contributed by atoms with Gasteiger partial charge in [0.1, 0.15) is 5.01 Å². The first-order valence-electron chi connectivity index (χ1n) is 6.90. The molecule has 0 aliphatic carbocycles. The molecule has 0 bridgehead atoms. The molecule has 1 unspecified atom stereocenters. The summed E-state index contributed by atoms with van der Waals surface area (Å²) < 4.78 is 5.14. The number of rotatable bonds is 7. The number of methoxy groups -OCH3 is 1. The lowest BCUT2D eigenvalue weighted by atomic mass is 10.2. The lowest BCUT2D eigenvalue weighted by Crippen LogP contribution is -2.25. The average molecular weight is 310 g/mol. The van der Waals surface area contributed by atoms with Crippen LogP contribution in [0.25, 0.3) is 0 Å². The topological polar surface area (TPSA) is 34.1 Å². The Morgan fingerprint density at radius 1 is 1.30 bits per heavy atom. The van der Waals surface area contributed by atoms with Gasteiger partial charge in [0.25, 0.3) is 0 Å². The van der Waals surface area contributed by atoms with Gasteiger partial charge in [-0.25, -0.2) is 4.98 Å². The van der Waals surface area contributed by atoms with E-state index in [1.54, 1.807) is 18.4 Å². The summed E-state index contributed by atoms with van der Waals surface area (Å²) >= 11 is 3.66. The Bertz CT molecular complexity index is 528. The van der Waals surface area contributed by atoms with Crippen LogP contribution in [0.2, 0.25) is 0 Å². The van der Waals surface area contributed by atoms with Crippen molar-refractivity contribution in [2.75, 3.05) is 20.3 Å². The van der Waals surface area contributed by atoms with Crippen LogP contribution in [0.5, 0.6) is 0 Å². The van der Waals surface area contributed by atoms with E-state index in [4.69, 9.17) is 9.72 Å². The second-order valence-electron chi connectivity index (χ2n) is 4.73. The molecule has 2 rings (SSSR count). The first kappa shape index (κ1) is 15.6. The van der Waals surface area contributed by atoms with Crippen molar-refractivity contribution in [3.8, 4) is 0 Å². The average Bonchev–Trinajstić information content (AvgIpc) is 3.03. The lowest BCUT2D eigenvalue weighted by Gasteiger charge is -2.14. The van der Waals surface area contributed by atoms with Crippen LogP contribution < -0.4 is 5.32 Å². The standard InChI is InChI=1S/C15H22N2OS2/c1-5-12-6-7-13(20-12)14(16-8-9-18-4)15-17-10(2)11(3)19-15/h6-7,14,16H,5,8-9H2,1-4H3. The second kappa shape index (κ2) is 7.31. The van der Waals surface area contributed by atoms with E-state index in [9.17, 15) is 0 Å². The van der Waals surface area contributed by atoms with Crippen LogP contribution in [0.3, 0.4) is 0 Å². The fraction of sp³-hybridized carbons (Fsp3) is 0.533. The van der Waals surface area contributed by atoms with Crippen LogP contribution in [-0.4, -0.2) is 25.2 Å². The van der Waals surface area contributed by atoms with Gasteiger partial charge in [-0.1, -0.05) is 6.92 Å². The molecule has 5 heteroatoms. The van der Waals surface area contributed by atoms with E-state index in [0.29, 0.717) is 6.61 Å². The SMILES string of the molecule is CCc1ccc(C(NCCOC)c2nc(C)c(C)s2)s1. The maximum Gasteiger partial charge on any atom is 0.115 e. The summed E-state index contributed by atoms with van der Waals surface area (Å²) in [4.78, 5) is 8.78. The molecule has 0 aliphatic rings. The Balaban J connectivity index is 2.23. The predicted octanol–water partition coefficient (Wildman–Crippen LogP) is 3.71. The fourth-order valence-electron chi connectivity index (χ4n) is 1.98. The molecule has 2 heterocycles. The molecule has 2 aromatic heterocycles. The molecule has 0 saturated carbocycles. The molecule has 0 fully saturated rings. The first-order chi connectivity index (χ1) is 9.65. The number of hydrogen-bond donors (Lipinski definition) is 1. The maximum atomic E-state index is 5.14. The van der Waals surface area contributed by atoms with E-state index in [0.717, 1.165) is 23.7 Å². The second-order valence-corrected chi connectivity index (χ2v) is 7.17. The van der Waals surface area contributed by atoms with E-state index in [1.165, 1.54) is 14.6 Å². The van der Waals surface area contributed by atoms with Crippen LogP contribution in [-0.2, 0) is 11.2 Å². The van der Waals surface area contributed by atoms with Crippen molar-refractivity contribution < 1.29 is 4.74 Å². The zero-order chi connectivity index (χ0) is 14.5. The van der Waals surface area contributed by atoms with Crippen molar-refractivity contribution in [1.29, 1.82) is 0 Å². The third-order valence-electron chi connectivity index (χ3n) is 3.26. The molecule has 0 spiro atoms. The van der Waals surface area contributed by atoms with Crippen molar-refractivity contribution >= 4 is 22.7 Å². The van der Waals surface area contributed by atoms with Crippen molar-refractivity contribution in [2.24, 2.45) is 0 Å². The molecule has 0 aliphatic heterocycles. The Kier molecular flexibility index (Phi) is 5.72. The third kappa shape index (κ3) is 3.67. The number of thiazole rings is 1. The Hall–Kier alpha value is -0.750. The van der Waals surface area contributed by atoms with Crippen LogP contribution in [0, 0.1) is 13.8 Å². The number of aryl methyl sites for hydroxylation is 3. The van der Waals surface area contributed by atoms with Gasteiger partial charge in [-0.2, -0.15) is 0 Å². The zero-order valence-electron chi connectivity index (χ0n) is 12.5. The number of hydrogen-bond acceptors (Lipinski definition) is 5. The van der Waals surface area contributed by atoms with Crippen molar-refractivity contribution in [2.45, 2.75) is 33.2 Å². The van der Waals surface area contributed by atoms with Crippen LogP contribution in [0.1, 0.15) is 38.3 Å². The fourth-order valence-corrected chi connectivity index (χ4v) is 4.10. The minimum Gasteiger partial charge on any atom is -0.383 e. The molecule has 1 atom stereocenters. The molecule has 20 heavy (non-hydrogen) atoms. The molecule has 0 amide bonds. The summed E-state index contributed by atoms with van der Waals surface area (Å²) in [6.45, 7) is 7.95. The molecule has 2 aromatic rings. The first-order valence-corrected chi connectivity index (χ1v) is 8.53. The molecular weight excluding hydrogens is 288 g/mol. The number of ether oxygens (including phenoxy) is 1. The van der Waals surface area contributed by atoms with Crippen LogP contribution in [0.4, 0.5) is 0 Å². The van der Waals surface area contributed by atoms with Gasteiger partial charge in [0.05, 0.1) is 18.3 Å². The van der Waals surface area contributed by atoms with Crippen molar-refractivity contribution in [3.05, 3.63) is 37.5 Å². The lowest BCUT2D eigenvalue weighted by molar-refractivity contribution is 0.197. The molecule has 3 nitrogen and oxygen atoms in total. The minimum atomic E-state index is 0.188. The highest BCUT2D eigenvalue weighted by molar-refractivity contribution is 7.13. The zero-order valence-corrected chi connectivity index (χ0v) is 14.2. The van der Waals surface area contributed by atoms with E-state index in [-0.39, 0.29) is 6.04 Å². The predicted molar refractivity (Wildman–Crippen MR) is 87.0 cm³/mol. The summed E-state index contributed by atoms with van der Waals surface area (Å²) in [5.41, 5.74) is 1.14. The molecular formula is C15H22N2OS2. The smallest absolute Gasteiger partial charge is 0.115 e. The maximum absolute atomic E-state index is 5.14. The number of nitrogens with zero attached hydrogens (tertiary/aromatic N) is 1. The van der Waals surface area contributed by atoms with Gasteiger partial charge in [-0.3, -0.25) is 0 Å². The van der Waals surface area contributed by atoms with Gasteiger partial charge in [0, 0.05) is 28.3 Å². The minimum absolute atomic E-state index is 0.188. The molecule has 0 radical (unpaired) electrons. The highest BCUT2D eigenvalue weighted by atomic mass is 32.1. The largest absolute Gasteiger partial charge is 0.383 e. The monoisotopic (exact) mass is 310 g/mol. The Morgan fingerprint density at radius 3 is 2.65 bits per heavy atom. The summed E-state index contributed by atoms with van der Waals surface area (Å²) in [5, 5.41) is 4.72. The van der Waals surface area contributed by atoms with E-state index < -0.39 is 0 Å². The van der Waals surface area contributed by atoms with Gasteiger partial charge in [-0.05, 0) is 32.4 Å². The van der Waals surface area contributed by atoms with Gasteiger partial charge < -0.3 is 10.1 Å². The number of aromatic nitrogens is 1. The Morgan fingerprint density at radius 2 is 2.10 bits per heavy atom. The van der Waals surface area contributed by atoms with Gasteiger partial charge in [-0.15, -0.1) is 22.7 Å². The van der Waals surface area contributed by atoms with Gasteiger partial charge >= 0.3 is 0 Å². The summed E-state index contributed by atoms with van der Waals surface area (Å²) in [5.74, 6) is 0. The van der Waals surface area contributed by atoms with Crippen molar-refractivity contribution in [3.63, 3.8) is 0 Å². The quantitative estimate of drug-likeness (QED) is 0.792. The molecule has 0 aromatic carbocycles. The van der Waals surface area contributed by atoms with E-state index in [1.807, 2.05) is 11.3 Å². The normalized spacial score (nSPS) is 12.8. The van der Waals surface area contributed by atoms with Crippen LogP contribution in [0.15, 0.2) is 12.1 Å². The third-order valence-corrected chi connectivity index (χ3v) is 5.69. The number of thiophene rings is 1. The molecule has 1 N–H and O–H groups in total. The highest BCUT2D eigenvalue weighted by Crippen LogP contribution is 2.32. The molecule has 110 valence electrons. The van der Waals surface area contributed by atoms with E-state index in [2.05, 4.69) is 38.2 Å².